The van der Waals surface area contributed by atoms with Crippen molar-refractivity contribution < 1.29 is 0 Å². The fourth-order valence-electron chi connectivity index (χ4n) is 6.95. The average molecular weight is 581 g/mol. The standard InChI is InChI=1S/C21H25N3O.C14H19N3O/c25-21-22-19-10-4-5-11-20(19)24(21)16-18-9-6-13-23(15-18)14-12-17-7-2-1-3-8-17;1-16-8-4-5-11(9-16)10-17-13-7-3-2-6-12(13)15-14(17)18/h1-5,7-8,10-11,18H,6,9,12-16H2,(H,22,25);2-3,6-7,11H,4-5,8-10H2,1H3,(H,15,18)/t18-;11-/m11/s1. The number of hydrogen-bond acceptors (Lipinski definition) is 4. The predicted octanol–water partition coefficient (Wildman–Crippen LogP) is 4.96. The van der Waals surface area contributed by atoms with Gasteiger partial charge in [0.05, 0.1) is 22.1 Å². The third-order valence-electron chi connectivity index (χ3n) is 9.13. The number of para-hydroxylation sites is 4. The summed E-state index contributed by atoms with van der Waals surface area (Å²) in [6, 6.07) is 26.6. The lowest BCUT2D eigenvalue weighted by molar-refractivity contribution is 0.164. The number of H-pyrrole nitrogens is 2. The quantitative estimate of drug-likeness (QED) is 0.285. The van der Waals surface area contributed by atoms with E-state index in [0.717, 1.165) is 61.2 Å². The molecule has 8 nitrogen and oxygen atoms in total. The maximum Gasteiger partial charge on any atom is 0.326 e. The minimum Gasteiger partial charge on any atom is -0.306 e. The van der Waals surface area contributed by atoms with Gasteiger partial charge in [-0.05, 0) is 93.9 Å². The van der Waals surface area contributed by atoms with Crippen molar-refractivity contribution in [3.05, 3.63) is 105 Å². The van der Waals surface area contributed by atoms with E-state index in [9.17, 15) is 9.59 Å². The molecule has 5 aromatic rings. The first-order valence-electron chi connectivity index (χ1n) is 15.8. The molecule has 43 heavy (non-hydrogen) atoms. The number of hydrogen-bond donors (Lipinski definition) is 2. The van der Waals surface area contributed by atoms with Crippen LogP contribution in [-0.4, -0.2) is 68.7 Å². The summed E-state index contributed by atoms with van der Waals surface area (Å²) in [5, 5.41) is 0. The fourth-order valence-corrected chi connectivity index (χ4v) is 6.95. The van der Waals surface area contributed by atoms with Gasteiger partial charge < -0.3 is 19.8 Å². The van der Waals surface area contributed by atoms with Crippen molar-refractivity contribution in [2.75, 3.05) is 39.8 Å². The monoisotopic (exact) mass is 580 g/mol. The minimum atomic E-state index is 0.0163. The number of likely N-dealkylation sites (tertiary alicyclic amines) is 2. The van der Waals surface area contributed by atoms with E-state index in [0.29, 0.717) is 11.8 Å². The van der Waals surface area contributed by atoms with Gasteiger partial charge in [-0.15, -0.1) is 0 Å². The Morgan fingerprint density at radius 3 is 1.81 bits per heavy atom. The molecule has 2 aromatic heterocycles. The van der Waals surface area contributed by atoms with Gasteiger partial charge in [-0.3, -0.25) is 9.13 Å². The molecule has 0 radical (unpaired) electrons. The number of aromatic amines is 2. The van der Waals surface area contributed by atoms with Crippen LogP contribution in [0.25, 0.3) is 22.1 Å². The number of imidazole rings is 2. The number of nitrogens with one attached hydrogen (secondary N) is 2. The Labute approximate surface area is 252 Å². The van der Waals surface area contributed by atoms with E-state index in [2.05, 4.69) is 57.1 Å². The third kappa shape index (κ3) is 7.20. The highest BCUT2D eigenvalue weighted by atomic mass is 16.1. The van der Waals surface area contributed by atoms with Crippen LogP contribution in [0.4, 0.5) is 0 Å². The van der Waals surface area contributed by atoms with Crippen LogP contribution in [-0.2, 0) is 19.5 Å². The second kappa shape index (κ2) is 13.6. The van der Waals surface area contributed by atoms with Gasteiger partial charge in [0.15, 0.2) is 0 Å². The molecule has 2 atom stereocenters. The zero-order chi connectivity index (χ0) is 29.6. The van der Waals surface area contributed by atoms with Gasteiger partial charge in [-0.25, -0.2) is 9.59 Å². The molecule has 0 unspecified atom stereocenters. The fraction of sp³-hybridized carbons (Fsp3) is 0.429. The Morgan fingerprint density at radius 1 is 0.674 bits per heavy atom. The molecular weight excluding hydrogens is 536 g/mol. The Hall–Kier alpha value is -3.88. The van der Waals surface area contributed by atoms with Crippen LogP contribution in [0.3, 0.4) is 0 Å². The first-order valence-corrected chi connectivity index (χ1v) is 15.8. The zero-order valence-corrected chi connectivity index (χ0v) is 25.3. The largest absolute Gasteiger partial charge is 0.326 e. The highest BCUT2D eigenvalue weighted by Gasteiger charge is 2.22. The van der Waals surface area contributed by atoms with Gasteiger partial charge in [-0.2, -0.15) is 0 Å². The molecular formula is C35H44N6O2. The molecule has 226 valence electrons. The maximum absolute atomic E-state index is 12.3. The predicted molar refractivity (Wildman–Crippen MR) is 175 cm³/mol. The molecule has 4 heterocycles. The summed E-state index contributed by atoms with van der Waals surface area (Å²) in [6.45, 7) is 7.26. The lowest BCUT2D eigenvalue weighted by Gasteiger charge is -2.32. The van der Waals surface area contributed by atoms with E-state index < -0.39 is 0 Å². The Balaban J connectivity index is 0.000000162. The number of benzene rings is 3. The zero-order valence-electron chi connectivity index (χ0n) is 25.3. The third-order valence-corrected chi connectivity index (χ3v) is 9.13. The second-order valence-electron chi connectivity index (χ2n) is 12.4. The molecule has 2 N–H and O–H groups in total. The van der Waals surface area contributed by atoms with Crippen LogP contribution >= 0.6 is 0 Å². The SMILES string of the molecule is CN1CCC[C@@H](Cn2c(=O)[nH]c3ccccc32)C1.O=c1[nH]c2ccccc2n1C[C@@H]1CCCN(CCc2ccccc2)C1. The van der Waals surface area contributed by atoms with E-state index in [-0.39, 0.29) is 11.4 Å². The Morgan fingerprint density at radius 2 is 1.21 bits per heavy atom. The molecule has 8 heteroatoms. The highest BCUT2D eigenvalue weighted by molar-refractivity contribution is 5.75. The lowest BCUT2D eigenvalue weighted by Crippen LogP contribution is -2.39. The van der Waals surface area contributed by atoms with Crippen LogP contribution in [0.15, 0.2) is 88.5 Å². The first-order chi connectivity index (χ1) is 21.0. The van der Waals surface area contributed by atoms with Crippen molar-refractivity contribution >= 4 is 22.1 Å². The summed E-state index contributed by atoms with van der Waals surface area (Å²) in [5.41, 5.74) is 5.35. The molecule has 7 rings (SSSR count). The van der Waals surface area contributed by atoms with E-state index >= 15 is 0 Å². The topological polar surface area (TPSA) is 82.1 Å². The Bertz CT molecular complexity index is 1730. The van der Waals surface area contributed by atoms with Gasteiger partial charge in [0, 0.05) is 32.7 Å². The van der Waals surface area contributed by atoms with Crippen molar-refractivity contribution in [1.82, 2.24) is 28.9 Å². The van der Waals surface area contributed by atoms with Crippen LogP contribution in [0.2, 0.25) is 0 Å². The van der Waals surface area contributed by atoms with E-state index in [1.807, 2.05) is 57.7 Å². The summed E-state index contributed by atoms with van der Waals surface area (Å²) in [4.78, 5) is 35.1. The van der Waals surface area contributed by atoms with Crippen molar-refractivity contribution in [2.24, 2.45) is 11.8 Å². The van der Waals surface area contributed by atoms with Gasteiger partial charge in [0.2, 0.25) is 0 Å². The molecule has 2 aliphatic heterocycles. The lowest BCUT2D eigenvalue weighted by atomic mass is 9.97. The number of aromatic nitrogens is 4. The molecule has 3 aromatic carbocycles. The van der Waals surface area contributed by atoms with Crippen molar-refractivity contribution in [3.63, 3.8) is 0 Å². The van der Waals surface area contributed by atoms with E-state index in [1.165, 1.54) is 44.3 Å². The van der Waals surface area contributed by atoms with Crippen LogP contribution in [0.1, 0.15) is 31.2 Å². The molecule has 0 bridgehead atoms. The molecule has 2 fully saturated rings. The van der Waals surface area contributed by atoms with Crippen molar-refractivity contribution in [2.45, 2.75) is 45.2 Å². The van der Waals surface area contributed by atoms with Gasteiger partial charge in [0.1, 0.15) is 0 Å². The maximum atomic E-state index is 12.3. The van der Waals surface area contributed by atoms with E-state index in [1.54, 1.807) is 0 Å². The Kier molecular flexibility index (Phi) is 9.24. The van der Waals surface area contributed by atoms with Crippen LogP contribution in [0.5, 0.6) is 0 Å². The summed E-state index contributed by atoms with van der Waals surface area (Å²) in [5.74, 6) is 1.13. The smallest absolute Gasteiger partial charge is 0.306 e. The van der Waals surface area contributed by atoms with Crippen molar-refractivity contribution in [1.29, 1.82) is 0 Å². The molecule has 2 saturated heterocycles. The molecule has 2 aliphatic rings. The average Bonchev–Trinajstić information content (AvgIpc) is 3.52. The summed E-state index contributed by atoms with van der Waals surface area (Å²) < 4.78 is 3.81. The normalized spacial score (nSPS) is 19.8. The summed E-state index contributed by atoms with van der Waals surface area (Å²) >= 11 is 0. The van der Waals surface area contributed by atoms with Gasteiger partial charge in [0.25, 0.3) is 0 Å². The molecule has 0 spiro atoms. The van der Waals surface area contributed by atoms with Gasteiger partial charge >= 0.3 is 11.4 Å². The number of nitrogens with zero attached hydrogens (tertiary/aromatic N) is 4. The van der Waals surface area contributed by atoms with Crippen LogP contribution in [0, 0.1) is 11.8 Å². The number of fused-ring (bicyclic) bond motifs is 2. The van der Waals surface area contributed by atoms with Gasteiger partial charge in [-0.1, -0.05) is 54.6 Å². The van der Waals surface area contributed by atoms with Crippen molar-refractivity contribution in [3.8, 4) is 0 Å². The number of piperidine rings is 2. The second-order valence-corrected chi connectivity index (χ2v) is 12.4. The minimum absolute atomic E-state index is 0.0163. The summed E-state index contributed by atoms with van der Waals surface area (Å²) in [7, 11) is 2.16. The molecule has 0 aliphatic carbocycles. The molecule has 0 amide bonds. The van der Waals surface area contributed by atoms with E-state index in [4.69, 9.17) is 0 Å². The highest BCUT2D eigenvalue weighted by Crippen LogP contribution is 2.21. The first kappa shape index (κ1) is 29.2. The summed E-state index contributed by atoms with van der Waals surface area (Å²) in [6.07, 6.45) is 5.97. The number of rotatable bonds is 7. The van der Waals surface area contributed by atoms with Crippen LogP contribution < -0.4 is 11.4 Å². The molecule has 0 saturated carbocycles.